The Balaban J connectivity index is 1.72. The molecular formula is C15H24N2S. The summed E-state index contributed by atoms with van der Waals surface area (Å²) >= 11 is 1.92. The molecule has 0 aromatic carbocycles. The lowest BCUT2D eigenvalue weighted by Gasteiger charge is -2.46. The van der Waals surface area contributed by atoms with Crippen LogP contribution in [0, 0.1) is 5.92 Å². The zero-order chi connectivity index (χ0) is 12.6. The largest absolute Gasteiger partial charge is 0.329 e. The summed E-state index contributed by atoms with van der Waals surface area (Å²) in [4.78, 5) is 4.23. The van der Waals surface area contributed by atoms with Gasteiger partial charge >= 0.3 is 0 Å². The lowest BCUT2D eigenvalue weighted by atomic mass is 9.75. The van der Waals surface area contributed by atoms with E-state index in [0.29, 0.717) is 0 Å². The highest BCUT2D eigenvalue weighted by Gasteiger charge is 2.36. The van der Waals surface area contributed by atoms with Crippen LogP contribution in [-0.2, 0) is 13.0 Å². The molecule has 18 heavy (non-hydrogen) atoms. The van der Waals surface area contributed by atoms with E-state index in [1.165, 1.54) is 38.6 Å². The molecule has 100 valence electrons. The van der Waals surface area contributed by atoms with E-state index in [2.05, 4.69) is 23.3 Å². The summed E-state index contributed by atoms with van der Waals surface area (Å²) in [5.74, 6) is 0.933. The fourth-order valence-corrected chi connectivity index (χ4v) is 4.26. The number of thiophene rings is 1. The molecule has 0 spiro atoms. The van der Waals surface area contributed by atoms with Crippen LogP contribution < -0.4 is 5.73 Å². The first-order valence-corrected chi connectivity index (χ1v) is 8.09. The van der Waals surface area contributed by atoms with E-state index < -0.39 is 0 Å². The summed E-state index contributed by atoms with van der Waals surface area (Å²) in [5.41, 5.74) is 7.88. The van der Waals surface area contributed by atoms with Gasteiger partial charge in [0.05, 0.1) is 0 Å². The summed E-state index contributed by atoms with van der Waals surface area (Å²) in [5, 5.41) is 2.24. The maximum atomic E-state index is 6.12. The Hall–Kier alpha value is -0.380. The summed E-state index contributed by atoms with van der Waals surface area (Å²) in [6.07, 6.45) is 6.79. The minimum absolute atomic E-state index is 0.213. The molecular weight excluding hydrogens is 240 g/mol. The van der Waals surface area contributed by atoms with Crippen LogP contribution in [0.4, 0.5) is 0 Å². The highest BCUT2D eigenvalue weighted by atomic mass is 32.1. The molecule has 0 saturated heterocycles. The first-order valence-electron chi connectivity index (χ1n) is 7.22. The van der Waals surface area contributed by atoms with E-state index in [1.54, 1.807) is 10.4 Å². The van der Waals surface area contributed by atoms with Gasteiger partial charge < -0.3 is 5.73 Å². The fraction of sp³-hybridized carbons (Fsp3) is 0.733. The molecule has 1 atom stereocenters. The third-order valence-electron chi connectivity index (χ3n) is 4.96. The Bertz CT molecular complexity index is 410. The minimum Gasteiger partial charge on any atom is -0.329 e. The van der Waals surface area contributed by atoms with Gasteiger partial charge in [-0.3, -0.25) is 4.90 Å². The van der Waals surface area contributed by atoms with Crippen LogP contribution in [0.25, 0.3) is 0 Å². The molecule has 1 aliphatic heterocycles. The number of fused-ring (bicyclic) bond motifs is 1. The lowest BCUT2D eigenvalue weighted by molar-refractivity contribution is 0.0568. The Labute approximate surface area is 114 Å². The molecule has 1 aromatic rings. The predicted molar refractivity (Wildman–Crippen MR) is 77.9 cm³/mol. The normalized spacial score (nSPS) is 24.3. The average molecular weight is 264 g/mol. The maximum absolute atomic E-state index is 6.12. The first kappa shape index (κ1) is 12.6. The highest BCUT2D eigenvalue weighted by molar-refractivity contribution is 7.10. The van der Waals surface area contributed by atoms with Crippen molar-refractivity contribution in [2.75, 3.05) is 13.1 Å². The van der Waals surface area contributed by atoms with Crippen molar-refractivity contribution in [1.82, 2.24) is 4.90 Å². The molecule has 1 saturated carbocycles. The summed E-state index contributed by atoms with van der Waals surface area (Å²) < 4.78 is 0. The fourth-order valence-electron chi connectivity index (χ4n) is 3.37. The summed E-state index contributed by atoms with van der Waals surface area (Å²) in [7, 11) is 0. The topological polar surface area (TPSA) is 29.3 Å². The van der Waals surface area contributed by atoms with Gasteiger partial charge in [0, 0.05) is 30.1 Å². The zero-order valence-corrected chi connectivity index (χ0v) is 12.1. The molecule has 3 heteroatoms. The quantitative estimate of drug-likeness (QED) is 0.906. The number of hydrogen-bond donors (Lipinski definition) is 1. The molecule has 1 unspecified atom stereocenters. The summed E-state index contributed by atoms with van der Waals surface area (Å²) in [6.45, 7) is 5.47. The van der Waals surface area contributed by atoms with Gasteiger partial charge in [-0.2, -0.15) is 0 Å². The molecule has 2 nitrogen and oxygen atoms in total. The van der Waals surface area contributed by atoms with Crippen LogP contribution in [0.15, 0.2) is 11.4 Å². The smallest absolute Gasteiger partial charge is 0.0309 e. The van der Waals surface area contributed by atoms with Crippen molar-refractivity contribution >= 4 is 11.3 Å². The number of rotatable bonds is 4. The van der Waals surface area contributed by atoms with Crippen molar-refractivity contribution in [1.29, 1.82) is 0 Å². The zero-order valence-electron chi connectivity index (χ0n) is 11.3. The number of nitrogens with zero attached hydrogens (tertiary/aromatic N) is 1. The SMILES string of the molecule is CC(CN)(CC1CCC1)N1CCc2sccc2C1. The Morgan fingerprint density at radius 2 is 2.33 bits per heavy atom. The van der Waals surface area contributed by atoms with Crippen LogP contribution >= 0.6 is 11.3 Å². The second kappa shape index (κ2) is 4.95. The number of hydrogen-bond acceptors (Lipinski definition) is 3. The van der Waals surface area contributed by atoms with Gasteiger partial charge in [-0.1, -0.05) is 19.3 Å². The molecule has 2 aliphatic rings. The van der Waals surface area contributed by atoms with Crippen LogP contribution in [0.5, 0.6) is 0 Å². The van der Waals surface area contributed by atoms with Crippen LogP contribution in [0.2, 0.25) is 0 Å². The molecule has 0 bridgehead atoms. The van der Waals surface area contributed by atoms with E-state index >= 15 is 0 Å². The second-order valence-electron chi connectivity index (χ2n) is 6.24. The van der Waals surface area contributed by atoms with Crippen molar-refractivity contribution in [3.63, 3.8) is 0 Å². The average Bonchev–Trinajstić information content (AvgIpc) is 2.80. The van der Waals surface area contributed by atoms with Gasteiger partial charge in [0.1, 0.15) is 0 Å². The third-order valence-corrected chi connectivity index (χ3v) is 5.99. The highest BCUT2D eigenvalue weighted by Crippen LogP contribution is 2.37. The van der Waals surface area contributed by atoms with E-state index in [0.717, 1.165) is 19.0 Å². The Morgan fingerprint density at radius 3 is 3.00 bits per heavy atom. The van der Waals surface area contributed by atoms with E-state index in [-0.39, 0.29) is 5.54 Å². The van der Waals surface area contributed by atoms with Crippen LogP contribution in [0.3, 0.4) is 0 Å². The first-order chi connectivity index (χ1) is 8.71. The molecule has 2 N–H and O–H groups in total. The predicted octanol–water partition coefficient (Wildman–Crippen LogP) is 3.01. The van der Waals surface area contributed by atoms with Gasteiger partial charge in [-0.15, -0.1) is 11.3 Å². The van der Waals surface area contributed by atoms with Gasteiger partial charge in [-0.25, -0.2) is 0 Å². The summed E-state index contributed by atoms with van der Waals surface area (Å²) in [6, 6.07) is 2.30. The van der Waals surface area contributed by atoms with Crippen molar-refractivity contribution in [3.05, 3.63) is 21.9 Å². The van der Waals surface area contributed by atoms with E-state index in [1.807, 2.05) is 11.3 Å². The monoisotopic (exact) mass is 264 g/mol. The molecule has 1 aliphatic carbocycles. The Kier molecular flexibility index (Phi) is 3.48. The maximum Gasteiger partial charge on any atom is 0.0309 e. The minimum atomic E-state index is 0.213. The van der Waals surface area contributed by atoms with E-state index in [4.69, 9.17) is 5.73 Å². The van der Waals surface area contributed by atoms with Crippen molar-refractivity contribution < 1.29 is 0 Å². The third kappa shape index (κ3) is 2.24. The molecule has 2 heterocycles. The standard InChI is InChI=1S/C15H24N2S/c1-15(11-16,9-12-3-2-4-12)17-7-5-14-13(10-17)6-8-18-14/h6,8,12H,2-5,7,9-11,16H2,1H3. The molecule has 1 fully saturated rings. The van der Waals surface area contributed by atoms with Crippen molar-refractivity contribution in [2.24, 2.45) is 11.7 Å². The number of nitrogens with two attached hydrogens (primary N) is 1. The lowest BCUT2D eigenvalue weighted by Crippen LogP contribution is -2.54. The van der Waals surface area contributed by atoms with Gasteiger partial charge in [0.2, 0.25) is 0 Å². The molecule has 0 radical (unpaired) electrons. The second-order valence-corrected chi connectivity index (χ2v) is 7.24. The van der Waals surface area contributed by atoms with Crippen molar-refractivity contribution in [2.45, 2.75) is 51.1 Å². The Morgan fingerprint density at radius 1 is 1.50 bits per heavy atom. The molecule has 1 aromatic heterocycles. The van der Waals surface area contributed by atoms with Gasteiger partial charge in [0.15, 0.2) is 0 Å². The van der Waals surface area contributed by atoms with Crippen LogP contribution in [0.1, 0.15) is 43.0 Å². The van der Waals surface area contributed by atoms with E-state index in [9.17, 15) is 0 Å². The molecule has 3 rings (SSSR count). The van der Waals surface area contributed by atoms with Crippen molar-refractivity contribution in [3.8, 4) is 0 Å². The van der Waals surface area contributed by atoms with Gasteiger partial charge in [-0.05, 0) is 42.7 Å². The molecule has 0 amide bonds. The van der Waals surface area contributed by atoms with Gasteiger partial charge in [0.25, 0.3) is 0 Å². The van der Waals surface area contributed by atoms with Crippen LogP contribution in [-0.4, -0.2) is 23.5 Å².